The first-order chi connectivity index (χ1) is 23.3. The van der Waals surface area contributed by atoms with E-state index >= 15 is 0 Å². The Hall–Kier alpha value is -4.22. The van der Waals surface area contributed by atoms with Gasteiger partial charge in [-0.25, -0.2) is 0 Å². The zero-order valence-corrected chi connectivity index (χ0v) is 28.2. The Bertz CT molecular complexity index is 1710. The number of fused-ring (bicyclic) bond motifs is 6. The van der Waals surface area contributed by atoms with Crippen molar-refractivity contribution in [3.05, 3.63) is 169 Å². The van der Waals surface area contributed by atoms with Crippen LogP contribution in [0.3, 0.4) is 0 Å². The Balaban J connectivity index is 1.24. The van der Waals surface area contributed by atoms with Crippen LogP contribution in [0.2, 0.25) is 0 Å². The molecule has 8 rings (SSSR count). The molecule has 0 fully saturated rings. The molecular formula is C43H38O2P2. The van der Waals surface area contributed by atoms with E-state index in [2.05, 4.69) is 158 Å². The lowest BCUT2D eigenvalue weighted by molar-refractivity contribution is 0.189. The van der Waals surface area contributed by atoms with Crippen LogP contribution < -0.4 is 41.3 Å². The van der Waals surface area contributed by atoms with E-state index in [0.717, 1.165) is 43.6 Å². The van der Waals surface area contributed by atoms with Crippen molar-refractivity contribution < 1.29 is 9.47 Å². The molecule has 0 amide bonds. The van der Waals surface area contributed by atoms with Crippen LogP contribution in [0.4, 0.5) is 0 Å². The molecule has 0 spiro atoms. The fourth-order valence-electron chi connectivity index (χ4n) is 7.05. The molecule has 0 aromatic heterocycles. The predicted molar refractivity (Wildman–Crippen MR) is 200 cm³/mol. The third-order valence-corrected chi connectivity index (χ3v) is 14.1. The van der Waals surface area contributed by atoms with E-state index in [9.17, 15) is 0 Å². The fourth-order valence-corrected chi connectivity index (χ4v) is 11.9. The summed E-state index contributed by atoms with van der Waals surface area (Å²) in [6, 6.07) is 57.5. The highest BCUT2D eigenvalue weighted by Crippen LogP contribution is 2.43. The van der Waals surface area contributed by atoms with E-state index in [0.29, 0.717) is 0 Å². The number of para-hydroxylation sites is 2. The van der Waals surface area contributed by atoms with E-state index in [1.165, 1.54) is 43.0 Å². The third-order valence-electron chi connectivity index (χ3n) is 9.21. The van der Waals surface area contributed by atoms with Crippen LogP contribution in [0.1, 0.15) is 30.4 Å². The summed E-state index contributed by atoms with van der Waals surface area (Å²) in [4.78, 5) is 0. The normalized spacial score (nSPS) is 17.2. The summed E-state index contributed by atoms with van der Waals surface area (Å²) in [6.07, 6.45) is 4.88. The van der Waals surface area contributed by atoms with Gasteiger partial charge in [-0.05, 0) is 67.5 Å². The molecular weight excluding hydrogens is 610 g/mol. The highest BCUT2D eigenvalue weighted by atomic mass is 31.1. The molecule has 0 saturated heterocycles. The van der Waals surface area contributed by atoms with E-state index < -0.39 is 15.8 Å². The van der Waals surface area contributed by atoms with Crippen LogP contribution >= 0.6 is 15.8 Å². The van der Waals surface area contributed by atoms with Crippen molar-refractivity contribution in [1.82, 2.24) is 0 Å². The van der Waals surface area contributed by atoms with Crippen molar-refractivity contribution in [3.8, 4) is 11.5 Å². The average molecular weight is 649 g/mol. The SMILES string of the molecule is c1ccc(P(c2ccccc2)c2cccc3c2OC2CCCC(C3)Oc3c(cccc3P(c3ccccc3)c3ccccc3)C2)cc1. The van der Waals surface area contributed by atoms with Gasteiger partial charge in [0.1, 0.15) is 23.7 Å². The maximum atomic E-state index is 7.29. The van der Waals surface area contributed by atoms with Gasteiger partial charge < -0.3 is 9.47 Å². The molecule has 2 aliphatic rings. The highest BCUT2D eigenvalue weighted by molar-refractivity contribution is 7.80. The quantitative estimate of drug-likeness (QED) is 0.173. The molecule has 0 saturated carbocycles. The number of benzene rings is 6. The van der Waals surface area contributed by atoms with Gasteiger partial charge in [0.05, 0.1) is 0 Å². The predicted octanol–water partition coefficient (Wildman–Crippen LogP) is 7.68. The van der Waals surface area contributed by atoms with Gasteiger partial charge in [-0.1, -0.05) is 158 Å². The molecule has 2 unspecified atom stereocenters. The number of ether oxygens (including phenoxy) is 2. The number of rotatable bonds is 6. The second-order valence-electron chi connectivity index (χ2n) is 12.4. The van der Waals surface area contributed by atoms with Crippen LogP contribution in [0.25, 0.3) is 0 Å². The Morgan fingerprint density at radius 1 is 0.383 bits per heavy atom. The van der Waals surface area contributed by atoms with E-state index in [-0.39, 0.29) is 12.2 Å². The van der Waals surface area contributed by atoms with Crippen LogP contribution in [-0.4, -0.2) is 12.2 Å². The topological polar surface area (TPSA) is 18.5 Å². The summed E-state index contributed by atoms with van der Waals surface area (Å²) in [5, 5.41) is 7.96. The van der Waals surface area contributed by atoms with Crippen molar-refractivity contribution in [2.75, 3.05) is 0 Å². The van der Waals surface area contributed by atoms with Gasteiger partial charge >= 0.3 is 0 Å². The lowest BCUT2D eigenvalue weighted by Gasteiger charge is -2.30. The molecule has 232 valence electrons. The second kappa shape index (κ2) is 13.9. The standard InChI is InChI=1S/C43H38O2P2/c1-5-20-36(21-6-1)46(37-22-7-2-8-23-37)40-28-13-16-32-30-35-19-15-18-34(44-42(32)40)31-33-17-14-29-41(43(33)45-35)47(38-24-9-3-10-25-38)39-26-11-4-12-27-39/h1-14,16-17,20-29,34-35H,15,18-19,30-31H2. The molecule has 6 aromatic carbocycles. The molecule has 2 atom stereocenters. The summed E-state index contributed by atoms with van der Waals surface area (Å²) in [5.74, 6) is 2.14. The zero-order chi connectivity index (χ0) is 31.4. The van der Waals surface area contributed by atoms with Gasteiger partial charge in [-0.3, -0.25) is 0 Å². The molecule has 4 heteroatoms. The van der Waals surface area contributed by atoms with Crippen LogP contribution in [0.5, 0.6) is 11.5 Å². The molecule has 47 heavy (non-hydrogen) atoms. The molecule has 2 heterocycles. The van der Waals surface area contributed by atoms with Crippen LogP contribution in [0.15, 0.2) is 158 Å². The minimum absolute atomic E-state index is 0.0624. The number of hydrogen-bond donors (Lipinski definition) is 0. The lowest BCUT2D eigenvalue weighted by Crippen LogP contribution is -2.30. The Labute approximate surface area is 280 Å². The summed E-state index contributed by atoms with van der Waals surface area (Å²) in [6.45, 7) is 0. The van der Waals surface area contributed by atoms with Gasteiger partial charge in [0, 0.05) is 23.5 Å². The van der Waals surface area contributed by atoms with E-state index in [1.54, 1.807) is 0 Å². The molecule has 6 aromatic rings. The van der Waals surface area contributed by atoms with Gasteiger partial charge in [-0.15, -0.1) is 0 Å². The number of hydrogen-bond acceptors (Lipinski definition) is 2. The van der Waals surface area contributed by atoms with Crippen molar-refractivity contribution >= 4 is 47.7 Å². The Morgan fingerprint density at radius 3 is 1.06 bits per heavy atom. The van der Waals surface area contributed by atoms with E-state index in [4.69, 9.17) is 9.47 Å². The summed E-state index contributed by atoms with van der Waals surface area (Å²) >= 11 is 0. The first kappa shape index (κ1) is 30.1. The Morgan fingerprint density at radius 2 is 0.723 bits per heavy atom. The van der Waals surface area contributed by atoms with Gasteiger partial charge in [-0.2, -0.15) is 0 Å². The van der Waals surface area contributed by atoms with Gasteiger partial charge in [0.25, 0.3) is 0 Å². The van der Waals surface area contributed by atoms with Crippen molar-refractivity contribution in [3.63, 3.8) is 0 Å². The van der Waals surface area contributed by atoms with Gasteiger partial charge in [0.2, 0.25) is 0 Å². The third kappa shape index (κ3) is 6.38. The summed E-state index contributed by atoms with van der Waals surface area (Å²) < 4.78 is 14.6. The molecule has 2 bridgehead atoms. The van der Waals surface area contributed by atoms with Crippen molar-refractivity contribution in [1.29, 1.82) is 0 Å². The molecule has 0 aliphatic carbocycles. The van der Waals surface area contributed by atoms with Crippen LogP contribution in [-0.2, 0) is 12.8 Å². The highest BCUT2D eigenvalue weighted by Gasteiger charge is 2.32. The van der Waals surface area contributed by atoms with Crippen LogP contribution in [0, 0.1) is 0 Å². The zero-order valence-electron chi connectivity index (χ0n) is 26.4. The van der Waals surface area contributed by atoms with E-state index in [1.807, 2.05) is 0 Å². The first-order valence-corrected chi connectivity index (χ1v) is 19.4. The Kier molecular flexibility index (Phi) is 8.89. The van der Waals surface area contributed by atoms with Gasteiger partial charge in [0.15, 0.2) is 0 Å². The average Bonchev–Trinajstić information content (AvgIpc) is 3.27. The minimum Gasteiger partial charge on any atom is -0.489 e. The maximum absolute atomic E-state index is 7.29. The summed E-state index contributed by atoms with van der Waals surface area (Å²) in [5.41, 5.74) is 2.51. The minimum atomic E-state index is -0.796. The van der Waals surface area contributed by atoms with Crippen molar-refractivity contribution in [2.24, 2.45) is 0 Å². The largest absolute Gasteiger partial charge is 0.489 e. The maximum Gasteiger partial charge on any atom is 0.131 e. The smallest absolute Gasteiger partial charge is 0.131 e. The fraction of sp³-hybridized carbons (Fsp3) is 0.163. The first-order valence-electron chi connectivity index (χ1n) is 16.7. The molecule has 2 aliphatic heterocycles. The lowest BCUT2D eigenvalue weighted by atomic mass is 10.0. The molecule has 0 N–H and O–H groups in total. The monoisotopic (exact) mass is 648 g/mol. The van der Waals surface area contributed by atoms with Crippen molar-refractivity contribution in [2.45, 2.75) is 44.3 Å². The molecule has 2 nitrogen and oxygen atoms in total. The second-order valence-corrected chi connectivity index (χ2v) is 16.7. The summed E-state index contributed by atoms with van der Waals surface area (Å²) in [7, 11) is -1.59. The molecule has 0 radical (unpaired) electrons.